The molecule has 0 spiro atoms. The van der Waals surface area contributed by atoms with Crippen molar-refractivity contribution in [3.63, 3.8) is 0 Å². The molecule has 1 aromatic heterocycles. The highest BCUT2D eigenvalue weighted by atomic mass is 35.5. The van der Waals surface area contributed by atoms with E-state index in [9.17, 15) is 0 Å². The molecule has 19 heavy (non-hydrogen) atoms. The number of H-pyrrole nitrogens is 1. The van der Waals surface area contributed by atoms with E-state index in [0.717, 1.165) is 16.4 Å². The second-order valence-electron chi connectivity index (χ2n) is 6.03. The quantitative estimate of drug-likeness (QED) is 0.813. The van der Waals surface area contributed by atoms with Crippen LogP contribution in [0.25, 0.3) is 10.9 Å². The highest BCUT2D eigenvalue weighted by Gasteiger charge is 2.51. The van der Waals surface area contributed by atoms with Crippen molar-refractivity contribution in [2.75, 3.05) is 0 Å². The van der Waals surface area contributed by atoms with Gasteiger partial charge in [-0.3, -0.25) is 0 Å². The molecule has 0 unspecified atom stereocenters. The van der Waals surface area contributed by atoms with Crippen LogP contribution in [-0.4, -0.2) is 23.3 Å². The molecule has 1 N–H and O–H groups in total. The molecule has 0 atom stereocenters. The Hall–Kier alpha value is -0.965. The van der Waals surface area contributed by atoms with Gasteiger partial charge < -0.3 is 14.3 Å². The first-order valence-corrected chi connectivity index (χ1v) is 6.80. The molecule has 1 aliphatic heterocycles. The predicted octanol–water partition coefficient (Wildman–Crippen LogP) is 3.12. The van der Waals surface area contributed by atoms with E-state index in [4.69, 9.17) is 20.9 Å². The molecule has 2 heterocycles. The van der Waals surface area contributed by atoms with Gasteiger partial charge >= 0.3 is 7.12 Å². The third kappa shape index (κ3) is 1.99. The molecular formula is C14H17BClNO2. The van der Waals surface area contributed by atoms with E-state index >= 15 is 0 Å². The number of hydrogen-bond acceptors (Lipinski definition) is 2. The normalized spacial score (nSPS) is 21.2. The lowest BCUT2D eigenvalue weighted by Gasteiger charge is -2.32. The van der Waals surface area contributed by atoms with Gasteiger partial charge in [-0.1, -0.05) is 17.7 Å². The monoisotopic (exact) mass is 277 g/mol. The summed E-state index contributed by atoms with van der Waals surface area (Å²) >= 11 is 6.28. The van der Waals surface area contributed by atoms with Crippen molar-refractivity contribution in [1.82, 2.24) is 4.98 Å². The van der Waals surface area contributed by atoms with Crippen LogP contribution in [0.15, 0.2) is 24.4 Å². The zero-order valence-corrected chi connectivity index (χ0v) is 12.3. The maximum absolute atomic E-state index is 6.28. The van der Waals surface area contributed by atoms with Gasteiger partial charge in [0.05, 0.1) is 21.7 Å². The molecule has 5 heteroatoms. The molecule has 0 amide bonds. The third-order valence-corrected chi connectivity index (χ3v) is 4.46. The van der Waals surface area contributed by atoms with Crippen LogP contribution in [0.3, 0.4) is 0 Å². The largest absolute Gasteiger partial charge is 0.494 e. The van der Waals surface area contributed by atoms with Crippen LogP contribution in [0.5, 0.6) is 0 Å². The maximum atomic E-state index is 6.28. The summed E-state index contributed by atoms with van der Waals surface area (Å²) in [4.78, 5) is 3.12. The predicted molar refractivity (Wildman–Crippen MR) is 79.0 cm³/mol. The van der Waals surface area contributed by atoms with Gasteiger partial charge in [-0.05, 0) is 45.3 Å². The van der Waals surface area contributed by atoms with Gasteiger partial charge in [0.2, 0.25) is 0 Å². The lowest BCUT2D eigenvalue weighted by molar-refractivity contribution is 0.00578. The van der Waals surface area contributed by atoms with E-state index in [0.29, 0.717) is 5.02 Å². The highest BCUT2D eigenvalue weighted by Crippen LogP contribution is 2.36. The SMILES string of the molecule is CC1(C)OB(c2cc(Cl)c3[nH]ccc3c2)OC1(C)C. The fourth-order valence-corrected chi connectivity index (χ4v) is 2.55. The molecule has 3 rings (SSSR count). The van der Waals surface area contributed by atoms with E-state index < -0.39 is 0 Å². The van der Waals surface area contributed by atoms with Crippen LogP contribution in [0.2, 0.25) is 5.02 Å². The van der Waals surface area contributed by atoms with Crippen LogP contribution < -0.4 is 5.46 Å². The number of nitrogens with one attached hydrogen (secondary N) is 1. The Morgan fingerprint density at radius 1 is 1.11 bits per heavy atom. The Morgan fingerprint density at radius 3 is 2.37 bits per heavy atom. The summed E-state index contributed by atoms with van der Waals surface area (Å²) in [5.41, 5.74) is 1.23. The molecule has 1 saturated heterocycles. The number of hydrogen-bond donors (Lipinski definition) is 1. The van der Waals surface area contributed by atoms with Crippen molar-refractivity contribution in [3.8, 4) is 0 Å². The Morgan fingerprint density at radius 2 is 1.74 bits per heavy atom. The Labute approximate surface area is 118 Å². The smallest absolute Gasteiger partial charge is 0.399 e. The summed E-state index contributed by atoms with van der Waals surface area (Å²) in [5, 5.41) is 1.75. The van der Waals surface area contributed by atoms with E-state index in [1.54, 1.807) is 0 Å². The Kier molecular flexibility index (Phi) is 2.75. The van der Waals surface area contributed by atoms with Crippen molar-refractivity contribution in [2.45, 2.75) is 38.9 Å². The van der Waals surface area contributed by atoms with Crippen molar-refractivity contribution >= 4 is 35.1 Å². The van der Waals surface area contributed by atoms with E-state index in [1.165, 1.54) is 0 Å². The summed E-state index contributed by atoms with van der Waals surface area (Å²) in [6.45, 7) is 8.18. The fourth-order valence-electron chi connectivity index (χ4n) is 2.26. The summed E-state index contributed by atoms with van der Waals surface area (Å²) in [7, 11) is -0.373. The lowest BCUT2D eigenvalue weighted by Crippen LogP contribution is -2.41. The lowest BCUT2D eigenvalue weighted by atomic mass is 9.78. The van der Waals surface area contributed by atoms with Crippen LogP contribution in [0.4, 0.5) is 0 Å². The first-order valence-electron chi connectivity index (χ1n) is 6.42. The van der Waals surface area contributed by atoms with Crippen LogP contribution in [-0.2, 0) is 9.31 Å². The van der Waals surface area contributed by atoms with Crippen LogP contribution in [0.1, 0.15) is 27.7 Å². The van der Waals surface area contributed by atoms with E-state index in [2.05, 4.69) is 11.1 Å². The Bertz CT molecular complexity index is 619. The molecule has 3 nitrogen and oxygen atoms in total. The van der Waals surface area contributed by atoms with Crippen LogP contribution in [0, 0.1) is 0 Å². The zero-order valence-electron chi connectivity index (χ0n) is 11.6. The second-order valence-corrected chi connectivity index (χ2v) is 6.44. The van der Waals surface area contributed by atoms with Crippen molar-refractivity contribution < 1.29 is 9.31 Å². The van der Waals surface area contributed by atoms with Gasteiger partial charge in [0.25, 0.3) is 0 Å². The van der Waals surface area contributed by atoms with Gasteiger partial charge in [-0.15, -0.1) is 0 Å². The summed E-state index contributed by atoms with van der Waals surface area (Å²) < 4.78 is 12.1. The third-order valence-electron chi connectivity index (χ3n) is 4.16. The second kappa shape index (κ2) is 4.01. The molecule has 1 aliphatic rings. The van der Waals surface area contributed by atoms with E-state index in [-0.39, 0.29) is 18.3 Å². The maximum Gasteiger partial charge on any atom is 0.494 e. The van der Waals surface area contributed by atoms with Crippen molar-refractivity contribution in [3.05, 3.63) is 29.4 Å². The van der Waals surface area contributed by atoms with Crippen molar-refractivity contribution in [2.24, 2.45) is 0 Å². The molecule has 1 aromatic carbocycles. The standard InChI is InChI=1S/C14H17BClNO2/c1-13(2)14(3,4)19-15(18-13)10-7-9-5-6-17-12(9)11(16)8-10/h5-8,17H,1-4H3. The van der Waals surface area contributed by atoms with Crippen molar-refractivity contribution in [1.29, 1.82) is 0 Å². The zero-order chi connectivity index (χ0) is 13.8. The van der Waals surface area contributed by atoms with Crippen LogP contribution >= 0.6 is 11.6 Å². The average Bonchev–Trinajstić information content (AvgIpc) is 2.82. The van der Waals surface area contributed by atoms with E-state index in [1.807, 2.05) is 46.0 Å². The molecule has 0 saturated carbocycles. The molecule has 0 aliphatic carbocycles. The minimum Gasteiger partial charge on any atom is -0.399 e. The molecule has 1 fully saturated rings. The van der Waals surface area contributed by atoms with Gasteiger partial charge in [-0.2, -0.15) is 0 Å². The molecule has 100 valence electrons. The number of aromatic nitrogens is 1. The summed E-state index contributed by atoms with van der Waals surface area (Å²) in [5.74, 6) is 0. The number of benzene rings is 1. The molecule has 0 bridgehead atoms. The minimum absolute atomic E-state index is 0.336. The summed E-state index contributed by atoms with van der Waals surface area (Å²) in [6, 6.07) is 5.96. The highest BCUT2D eigenvalue weighted by molar-refractivity contribution is 6.63. The molecular weight excluding hydrogens is 260 g/mol. The number of rotatable bonds is 1. The average molecular weight is 278 g/mol. The first kappa shape index (κ1) is 13.0. The fraction of sp³-hybridized carbons (Fsp3) is 0.429. The van der Waals surface area contributed by atoms with Gasteiger partial charge in [-0.25, -0.2) is 0 Å². The minimum atomic E-state index is -0.373. The summed E-state index contributed by atoms with van der Waals surface area (Å²) in [6.07, 6.45) is 1.88. The Balaban J connectivity index is 2.02. The molecule has 2 aromatic rings. The van der Waals surface area contributed by atoms with Gasteiger partial charge in [0.1, 0.15) is 0 Å². The number of aromatic amines is 1. The van der Waals surface area contributed by atoms with Gasteiger partial charge in [0.15, 0.2) is 0 Å². The topological polar surface area (TPSA) is 34.2 Å². The van der Waals surface area contributed by atoms with Gasteiger partial charge in [0, 0.05) is 11.6 Å². The number of halogens is 1. The number of fused-ring (bicyclic) bond motifs is 1. The molecule has 0 radical (unpaired) electrons. The first-order chi connectivity index (χ1) is 8.80.